The second kappa shape index (κ2) is 26.1. The van der Waals surface area contributed by atoms with Crippen molar-refractivity contribution >= 4 is 27.4 Å². The molecule has 0 unspecified atom stereocenters. The number of aliphatic hydroxyl groups excluding tert-OH is 2. The Labute approximate surface area is 461 Å². The first-order valence-electron chi connectivity index (χ1n) is 27.8. The second-order valence-corrected chi connectivity index (χ2v) is 25.7. The van der Waals surface area contributed by atoms with Gasteiger partial charge in [0.1, 0.15) is 30.6 Å². The van der Waals surface area contributed by atoms with Gasteiger partial charge >= 0.3 is 5.97 Å². The van der Waals surface area contributed by atoms with Crippen LogP contribution >= 0.6 is 0 Å². The maximum atomic E-state index is 14.9. The summed E-state index contributed by atoms with van der Waals surface area (Å²) in [4.78, 5) is 34.8. The molecule has 1 amide bonds. The molecule has 0 saturated carbocycles. The third-order valence-corrected chi connectivity index (χ3v) is 18.5. The van der Waals surface area contributed by atoms with E-state index in [4.69, 9.17) is 33.2 Å². The fraction of sp³-hybridized carbons (Fsp3) is 0.772. The molecule has 4 saturated heterocycles. The quantitative estimate of drug-likeness (QED) is 0.133. The highest BCUT2D eigenvalue weighted by Crippen LogP contribution is 2.45. The number of aliphatic hydroxyl groups is 3. The molecule has 0 spiro atoms. The fourth-order valence-electron chi connectivity index (χ4n) is 12.6. The molecule has 6 rings (SSSR count). The third kappa shape index (κ3) is 14.7. The summed E-state index contributed by atoms with van der Waals surface area (Å²) in [5.41, 5.74) is -1.34. The molecular formula is C57H90FN5O14S. The highest BCUT2D eigenvalue weighted by Gasteiger charge is 2.54. The van der Waals surface area contributed by atoms with Crippen LogP contribution in [0.15, 0.2) is 52.5 Å². The number of amides is 1. The Hall–Kier alpha value is -3.61. The van der Waals surface area contributed by atoms with Crippen LogP contribution in [0.5, 0.6) is 0 Å². The molecule has 440 valence electrons. The number of carbonyl (C=O) groups excluding carboxylic acids is 2. The van der Waals surface area contributed by atoms with E-state index in [1.165, 1.54) is 30.8 Å². The van der Waals surface area contributed by atoms with Crippen molar-refractivity contribution in [2.45, 2.75) is 217 Å². The van der Waals surface area contributed by atoms with E-state index in [2.05, 4.69) is 21.9 Å². The van der Waals surface area contributed by atoms with Crippen LogP contribution in [0.1, 0.15) is 132 Å². The lowest BCUT2D eigenvalue weighted by Crippen LogP contribution is -2.61. The van der Waals surface area contributed by atoms with Gasteiger partial charge in [-0.25, -0.2) is 22.5 Å². The zero-order valence-electron chi connectivity index (χ0n) is 48.5. The molecule has 5 heterocycles. The van der Waals surface area contributed by atoms with Crippen LogP contribution in [0, 0.1) is 29.6 Å². The monoisotopic (exact) mass is 1120 g/mol. The fourth-order valence-corrected chi connectivity index (χ4v) is 13.2. The number of aliphatic imine (C=N–C) groups is 1. The molecule has 3 N–H and O–H groups in total. The number of rotatable bonds is 15. The lowest BCUT2D eigenvalue weighted by atomic mass is 9.68. The Morgan fingerprint density at radius 2 is 1.73 bits per heavy atom. The first-order chi connectivity index (χ1) is 36.5. The summed E-state index contributed by atoms with van der Waals surface area (Å²) in [5, 5.41) is 45.1. The summed E-state index contributed by atoms with van der Waals surface area (Å²) in [7, 11) is 0.0177. The molecule has 4 aliphatic rings. The summed E-state index contributed by atoms with van der Waals surface area (Å²) in [6, 6.07) is 5.18. The van der Waals surface area contributed by atoms with Crippen molar-refractivity contribution in [1.29, 1.82) is 0 Å². The third-order valence-electron chi connectivity index (χ3n) is 17.4. The largest absolute Gasteiger partial charge is 0.459 e. The number of benzene rings is 1. The maximum absolute atomic E-state index is 14.9. The number of sulfone groups is 1. The maximum Gasteiger partial charge on any atom is 0.311 e. The van der Waals surface area contributed by atoms with Gasteiger partial charge in [0, 0.05) is 69.5 Å². The normalized spacial score (nSPS) is 38.8. The second-order valence-electron chi connectivity index (χ2n) is 23.7. The van der Waals surface area contributed by atoms with E-state index >= 15 is 0 Å². The van der Waals surface area contributed by atoms with Gasteiger partial charge in [-0.2, -0.15) is 0 Å². The van der Waals surface area contributed by atoms with E-state index in [-0.39, 0.29) is 37.2 Å². The molecular weight excluding hydrogens is 1030 g/mol. The molecule has 0 aliphatic carbocycles. The molecule has 21 heteroatoms. The first kappa shape index (κ1) is 63.6. The van der Waals surface area contributed by atoms with E-state index in [1.54, 1.807) is 46.0 Å². The molecule has 4 aliphatic heterocycles. The number of fused-ring (bicyclic) bond motifs is 5. The van der Waals surface area contributed by atoms with Gasteiger partial charge in [-0.15, -0.1) is 5.10 Å². The van der Waals surface area contributed by atoms with Gasteiger partial charge in [0.15, 0.2) is 22.4 Å². The minimum atomic E-state index is -3.38. The number of likely N-dealkylation sites (N-methyl/N-ethyl adjacent to an activating group) is 1. The Balaban J connectivity index is 1.37. The standard InChI is InChI=1S/C57H90FN5O14S/c1-16-46-57(12,68)44-22-17-32(2)31-72-56(11,27-33(3)48(35(44)5)59-39(9)64)52(36(6)50(37(7)53(67)75-46)76-47-28-55(10,71-14)51(66)38(8)74-47)77-54-49(65)45(25-34(4)73-54)62(13)24-23-41-30-63(61-60-41)42(29-58)26-40-18-20-43(21-19-40)78(15,69)70/h18-21,30,33-38,42,44-47,49-52,54,65-66,68H,2,16-17,22-29,31H2,1,3-15H3/t33-,34-,35-,36+,37-,38+,42+,44-,45+,46-,47+,49-,50+,51+,52-,54+,55-,56-,57+/m1/s1. The number of esters is 1. The number of alkyl halides is 1. The Bertz CT molecular complexity index is 2500. The van der Waals surface area contributed by atoms with Gasteiger partial charge in [-0.05, 0) is 117 Å². The van der Waals surface area contributed by atoms with Crippen LogP contribution in [0.3, 0.4) is 0 Å². The lowest BCUT2D eigenvalue weighted by Gasteiger charge is -2.50. The van der Waals surface area contributed by atoms with Crippen LogP contribution in [-0.2, 0) is 65.4 Å². The van der Waals surface area contributed by atoms with E-state index in [1.807, 2.05) is 53.5 Å². The van der Waals surface area contributed by atoms with Crippen LogP contribution in [0.25, 0.3) is 0 Å². The number of methoxy groups -OCH3 is 1. The smallest absolute Gasteiger partial charge is 0.311 e. The number of aromatic nitrogens is 3. The van der Waals surface area contributed by atoms with E-state index < -0.39 is 142 Å². The molecule has 0 radical (unpaired) electrons. The van der Waals surface area contributed by atoms with Crippen LogP contribution < -0.4 is 0 Å². The minimum Gasteiger partial charge on any atom is -0.459 e. The minimum absolute atomic E-state index is 0.0876. The number of hydrogen-bond donors (Lipinski definition) is 3. The molecule has 4 fully saturated rings. The number of ether oxygens (including phenoxy) is 7. The number of carbonyl (C=O) groups is 2. The van der Waals surface area contributed by atoms with Crippen molar-refractivity contribution in [1.82, 2.24) is 19.9 Å². The molecule has 19 nitrogen and oxygen atoms in total. The first-order valence-corrected chi connectivity index (χ1v) is 29.7. The molecule has 2 aromatic rings. The Morgan fingerprint density at radius 3 is 2.35 bits per heavy atom. The number of cyclic esters (lactones) is 1. The van der Waals surface area contributed by atoms with Crippen molar-refractivity contribution in [3.8, 4) is 0 Å². The van der Waals surface area contributed by atoms with Gasteiger partial charge in [0.25, 0.3) is 0 Å². The van der Waals surface area contributed by atoms with E-state index in [9.17, 15) is 37.7 Å². The number of halogens is 1. The summed E-state index contributed by atoms with van der Waals surface area (Å²) in [5.74, 6) is -4.34. The average Bonchev–Trinajstić information content (AvgIpc) is 3.90. The van der Waals surface area contributed by atoms with Crippen LogP contribution in [-0.4, -0.2) is 180 Å². The van der Waals surface area contributed by atoms with E-state index in [0.29, 0.717) is 43.6 Å². The Morgan fingerprint density at radius 1 is 1.05 bits per heavy atom. The van der Waals surface area contributed by atoms with Gasteiger partial charge in [-0.1, -0.05) is 57.2 Å². The zero-order chi connectivity index (χ0) is 57.8. The van der Waals surface area contributed by atoms with Crippen LogP contribution in [0.4, 0.5) is 4.39 Å². The highest BCUT2D eigenvalue weighted by molar-refractivity contribution is 7.90. The van der Waals surface area contributed by atoms with Crippen molar-refractivity contribution < 1.29 is 70.9 Å². The molecule has 1 aromatic heterocycles. The zero-order valence-corrected chi connectivity index (χ0v) is 49.3. The summed E-state index contributed by atoms with van der Waals surface area (Å²) in [6.45, 7) is 24.0. The van der Waals surface area contributed by atoms with Gasteiger partial charge < -0.3 is 53.4 Å². The predicted octanol–water partition coefficient (Wildman–Crippen LogP) is 6.19. The summed E-state index contributed by atoms with van der Waals surface area (Å²) in [6.07, 6.45) is -3.34. The molecule has 19 atom stereocenters. The summed E-state index contributed by atoms with van der Waals surface area (Å²) < 4.78 is 86.5. The van der Waals surface area contributed by atoms with Gasteiger partial charge in [0.2, 0.25) is 5.91 Å². The van der Waals surface area contributed by atoms with Crippen molar-refractivity contribution in [2.75, 3.05) is 40.2 Å². The number of hydrogen-bond acceptors (Lipinski definition) is 17. The summed E-state index contributed by atoms with van der Waals surface area (Å²) >= 11 is 0. The molecule has 78 heavy (non-hydrogen) atoms. The average molecular weight is 1120 g/mol. The van der Waals surface area contributed by atoms with Crippen molar-refractivity contribution in [3.05, 3.63) is 53.9 Å². The predicted molar refractivity (Wildman–Crippen MR) is 290 cm³/mol. The SMILES string of the molecule is C=C1CC[C@@H]2[C@@H](C)C(=NC(C)=O)[C@H](C)C[C@@](C)(OC1)[C@H](O[C@@H]1O[C@H](C)C[C@H](N(C)CCc3cn([C@H](CF)Cc4ccc(S(C)(=O)=O)cc4)nn3)[C@H]1O)[C@@H](C)[C@H](O[C@H]1C[C@@](C)(OC)[C@@H](O)[C@H](C)O1)[C@@H](C)C(=O)O[C@H](CC)[C@@]2(C)O. The topological polar surface area (TPSA) is 240 Å². The van der Waals surface area contributed by atoms with Gasteiger partial charge in [0.05, 0.1) is 64.8 Å². The number of nitrogens with zero attached hydrogens (tertiary/aromatic N) is 5. The van der Waals surface area contributed by atoms with Crippen LogP contribution in [0.2, 0.25) is 0 Å². The molecule has 2 bridgehead atoms. The van der Waals surface area contributed by atoms with Crippen molar-refractivity contribution in [2.24, 2.45) is 34.6 Å². The Kier molecular flexibility index (Phi) is 21.3. The lowest BCUT2D eigenvalue weighted by molar-refractivity contribution is -0.320. The highest BCUT2D eigenvalue weighted by atomic mass is 32.2. The van der Waals surface area contributed by atoms with E-state index in [0.717, 1.165) is 17.4 Å². The van der Waals surface area contributed by atoms with Crippen molar-refractivity contribution in [3.63, 3.8) is 0 Å². The van der Waals surface area contributed by atoms with Gasteiger partial charge in [-0.3, -0.25) is 9.59 Å². The molecule has 1 aromatic carbocycles.